The van der Waals surface area contributed by atoms with Crippen LogP contribution in [0.15, 0.2) is 0 Å². The molecule has 0 aromatic rings. The molecule has 0 aliphatic carbocycles. The molecule has 2 nitrogen and oxygen atoms in total. The molecule has 0 aliphatic rings. The molecule has 3 heteroatoms. The Bertz CT molecular complexity index is 253. The van der Waals surface area contributed by atoms with E-state index in [1.54, 1.807) is 0 Å². The zero-order chi connectivity index (χ0) is 17.9. The molecule has 0 saturated carbocycles. The first-order chi connectivity index (χ1) is 11.8. The number of carbonyl (C=O) groups is 1. The minimum Gasteiger partial charge on any atom is -0.343 e. The third-order valence-corrected chi connectivity index (χ3v) is 4.91. The van der Waals surface area contributed by atoms with E-state index in [9.17, 15) is 4.79 Å². The van der Waals surface area contributed by atoms with Crippen molar-refractivity contribution in [1.82, 2.24) is 4.90 Å². The number of hydrogen-bond donors (Lipinski definition) is 0. The average Bonchev–Trinajstić information content (AvgIpc) is 2.58. The van der Waals surface area contributed by atoms with Crippen molar-refractivity contribution in [2.75, 3.05) is 19.0 Å². The third-order valence-electron chi connectivity index (χ3n) is 4.72. The van der Waals surface area contributed by atoms with E-state index in [-0.39, 0.29) is 5.91 Å². The summed E-state index contributed by atoms with van der Waals surface area (Å²) >= 11 is 5.76. The number of rotatable bonds is 18. The monoisotopic (exact) mass is 359 g/mol. The maximum absolute atomic E-state index is 12.2. The van der Waals surface area contributed by atoms with Crippen LogP contribution in [-0.2, 0) is 4.79 Å². The highest BCUT2D eigenvalue weighted by atomic mass is 35.5. The number of nitrogens with zero attached hydrogens (tertiary/aromatic N) is 1. The van der Waals surface area contributed by atoms with E-state index in [0.29, 0.717) is 12.3 Å². The smallest absolute Gasteiger partial charge is 0.223 e. The van der Waals surface area contributed by atoms with Crippen molar-refractivity contribution in [2.24, 2.45) is 0 Å². The lowest BCUT2D eigenvalue weighted by Crippen LogP contribution is -2.33. The van der Waals surface area contributed by atoms with Crippen LogP contribution in [-0.4, -0.2) is 29.8 Å². The van der Waals surface area contributed by atoms with E-state index >= 15 is 0 Å². The molecule has 0 radical (unpaired) electrons. The number of unbranched alkanes of at least 4 members (excludes halogenated alkanes) is 12. The molecule has 0 atom stereocenters. The van der Waals surface area contributed by atoms with Crippen LogP contribution < -0.4 is 0 Å². The standard InChI is InChI=1S/C21H42ClNO/c1-3-5-7-9-11-13-15-19-23(21(24)17-18-22)20-16-14-12-10-8-6-4-2/h3-20H2,1-2H3. The summed E-state index contributed by atoms with van der Waals surface area (Å²) in [5, 5.41) is 0. The molecule has 144 valence electrons. The molecule has 0 aliphatic heterocycles. The first-order valence-corrected chi connectivity index (χ1v) is 11.1. The minimum atomic E-state index is 0.252. The lowest BCUT2D eigenvalue weighted by Gasteiger charge is -2.22. The molecule has 0 N–H and O–H groups in total. The fourth-order valence-electron chi connectivity index (χ4n) is 3.12. The van der Waals surface area contributed by atoms with Gasteiger partial charge in [0.25, 0.3) is 0 Å². The van der Waals surface area contributed by atoms with Crippen LogP contribution in [0.5, 0.6) is 0 Å². The molecule has 0 rings (SSSR count). The second kappa shape index (κ2) is 19.1. The molecule has 0 aromatic carbocycles. The van der Waals surface area contributed by atoms with Crippen molar-refractivity contribution >= 4 is 17.5 Å². The molecule has 0 fully saturated rings. The summed E-state index contributed by atoms with van der Waals surface area (Å²) in [5.41, 5.74) is 0. The molecule has 0 aromatic heterocycles. The zero-order valence-electron chi connectivity index (χ0n) is 16.5. The van der Waals surface area contributed by atoms with Crippen LogP contribution in [0.25, 0.3) is 0 Å². The van der Waals surface area contributed by atoms with Crippen LogP contribution in [0.3, 0.4) is 0 Å². The predicted molar refractivity (Wildman–Crippen MR) is 108 cm³/mol. The van der Waals surface area contributed by atoms with Crippen LogP contribution in [0.2, 0.25) is 0 Å². The Kier molecular flexibility index (Phi) is 18.9. The number of carbonyl (C=O) groups excluding carboxylic acids is 1. The van der Waals surface area contributed by atoms with Crippen molar-refractivity contribution < 1.29 is 4.79 Å². The second-order valence-corrected chi connectivity index (χ2v) is 7.44. The van der Waals surface area contributed by atoms with E-state index in [1.807, 2.05) is 0 Å². The second-order valence-electron chi connectivity index (χ2n) is 7.06. The molecular weight excluding hydrogens is 318 g/mol. The molecule has 0 spiro atoms. The van der Waals surface area contributed by atoms with Gasteiger partial charge in [-0.2, -0.15) is 0 Å². The van der Waals surface area contributed by atoms with Crippen LogP contribution in [0, 0.1) is 0 Å². The van der Waals surface area contributed by atoms with Crippen LogP contribution in [0.1, 0.15) is 110 Å². The Hall–Kier alpha value is -0.240. The van der Waals surface area contributed by atoms with E-state index in [2.05, 4.69) is 18.7 Å². The number of alkyl halides is 1. The van der Waals surface area contributed by atoms with E-state index in [0.717, 1.165) is 25.9 Å². The van der Waals surface area contributed by atoms with E-state index in [1.165, 1.54) is 77.0 Å². The largest absolute Gasteiger partial charge is 0.343 e. The van der Waals surface area contributed by atoms with Gasteiger partial charge in [0.05, 0.1) is 0 Å². The Balaban J connectivity index is 3.79. The highest BCUT2D eigenvalue weighted by Crippen LogP contribution is 2.11. The van der Waals surface area contributed by atoms with Crippen molar-refractivity contribution in [3.05, 3.63) is 0 Å². The van der Waals surface area contributed by atoms with Crippen molar-refractivity contribution in [2.45, 2.75) is 110 Å². The topological polar surface area (TPSA) is 20.3 Å². The number of hydrogen-bond acceptors (Lipinski definition) is 1. The Morgan fingerprint density at radius 1 is 0.667 bits per heavy atom. The van der Waals surface area contributed by atoms with Crippen molar-refractivity contribution in [3.8, 4) is 0 Å². The first kappa shape index (κ1) is 23.8. The fraction of sp³-hybridized carbons (Fsp3) is 0.952. The van der Waals surface area contributed by atoms with Gasteiger partial charge in [-0.15, -0.1) is 11.6 Å². The molecule has 24 heavy (non-hydrogen) atoms. The molecule has 1 amide bonds. The van der Waals surface area contributed by atoms with Gasteiger partial charge >= 0.3 is 0 Å². The van der Waals surface area contributed by atoms with E-state index in [4.69, 9.17) is 11.6 Å². The lowest BCUT2D eigenvalue weighted by molar-refractivity contribution is -0.130. The number of halogens is 1. The number of amides is 1. The summed E-state index contributed by atoms with van der Waals surface area (Å²) in [5.74, 6) is 0.700. The molecule has 0 saturated heterocycles. The maximum Gasteiger partial charge on any atom is 0.223 e. The van der Waals surface area contributed by atoms with Gasteiger partial charge in [-0.3, -0.25) is 4.79 Å². The molecule has 0 bridgehead atoms. The van der Waals surface area contributed by atoms with Gasteiger partial charge in [-0.1, -0.05) is 90.9 Å². The summed E-state index contributed by atoms with van der Waals surface area (Å²) in [7, 11) is 0. The SMILES string of the molecule is CCCCCCCCCN(CCCCCCCCC)C(=O)CCCl. The van der Waals surface area contributed by atoms with Crippen molar-refractivity contribution in [1.29, 1.82) is 0 Å². The van der Waals surface area contributed by atoms with E-state index < -0.39 is 0 Å². The third kappa shape index (κ3) is 15.3. The Morgan fingerprint density at radius 3 is 1.42 bits per heavy atom. The minimum absolute atomic E-state index is 0.252. The van der Waals surface area contributed by atoms with Gasteiger partial charge in [0.15, 0.2) is 0 Å². The normalized spacial score (nSPS) is 11.0. The lowest BCUT2D eigenvalue weighted by atomic mass is 10.1. The Morgan fingerprint density at radius 2 is 1.04 bits per heavy atom. The Labute approximate surface area is 156 Å². The highest BCUT2D eigenvalue weighted by Gasteiger charge is 2.11. The summed E-state index contributed by atoms with van der Waals surface area (Å²) in [6, 6.07) is 0. The maximum atomic E-state index is 12.2. The summed E-state index contributed by atoms with van der Waals surface area (Å²) in [4.78, 5) is 14.3. The van der Waals surface area contributed by atoms with Gasteiger partial charge in [0.1, 0.15) is 0 Å². The first-order valence-electron chi connectivity index (χ1n) is 10.6. The quantitative estimate of drug-likeness (QED) is 0.191. The van der Waals surface area contributed by atoms with Gasteiger partial charge in [-0.05, 0) is 12.8 Å². The van der Waals surface area contributed by atoms with Crippen LogP contribution in [0.4, 0.5) is 0 Å². The van der Waals surface area contributed by atoms with Gasteiger partial charge in [-0.25, -0.2) is 0 Å². The summed E-state index contributed by atoms with van der Waals surface area (Å²) < 4.78 is 0. The van der Waals surface area contributed by atoms with Gasteiger partial charge in [0, 0.05) is 25.4 Å². The van der Waals surface area contributed by atoms with Crippen LogP contribution >= 0.6 is 11.6 Å². The highest BCUT2D eigenvalue weighted by molar-refractivity contribution is 6.18. The summed E-state index contributed by atoms with van der Waals surface area (Å²) in [6.07, 6.45) is 18.7. The molecule has 0 heterocycles. The van der Waals surface area contributed by atoms with Crippen molar-refractivity contribution in [3.63, 3.8) is 0 Å². The molecular formula is C21H42ClNO. The molecule has 0 unspecified atom stereocenters. The van der Waals surface area contributed by atoms with Gasteiger partial charge in [0.2, 0.25) is 5.91 Å². The average molecular weight is 360 g/mol. The zero-order valence-corrected chi connectivity index (χ0v) is 17.2. The predicted octanol–water partition coefficient (Wildman–Crippen LogP) is 6.95. The van der Waals surface area contributed by atoms with Gasteiger partial charge < -0.3 is 4.90 Å². The summed E-state index contributed by atoms with van der Waals surface area (Å²) in [6.45, 7) is 6.37. The fourth-order valence-corrected chi connectivity index (χ4v) is 3.28.